The van der Waals surface area contributed by atoms with Crippen molar-refractivity contribution >= 4 is 41.3 Å². The number of aldehydes is 1. The van der Waals surface area contributed by atoms with Crippen LogP contribution < -0.4 is 10.6 Å². The van der Waals surface area contributed by atoms with Crippen molar-refractivity contribution in [1.29, 1.82) is 0 Å². The van der Waals surface area contributed by atoms with Crippen LogP contribution in [0.25, 0.3) is 0 Å². The summed E-state index contributed by atoms with van der Waals surface area (Å²) in [6.45, 7) is 14.1. The molecule has 11 heteroatoms. The lowest BCUT2D eigenvalue weighted by Gasteiger charge is -2.28. The molecule has 0 saturated carbocycles. The lowest BCUT2D eigenvalue weighted by atomic mass is 9.97. The number of carbonyl (C=O) groups excluding carboxylic acids is 2. The highest BCUT2D eigenvalue weighted by molar-refractivity contribution is 7.08. The van der Waals surface area contributed by atoms with Gasteiger partial charge in [0.15, 0.2) is 0 Å². The van der Waals surface area contributed by atoms with Crippen LogP contribution in [0.5, 0.6) is 5.75 Å². The van der Waals surface area contributed by atoms with Crippen LogP contribution in [0.15, 0.2) is 22.9 Å². The molecule has 3 N–H and O–H groups in total. The molecule has 2 atom stereocenters. The second-order valence-corrected chi connectivity index (χ2v) is 13.3. The number of thiophene rings is 1. The molecule has 0 aliphatic carbocycles. The SMILES string of the molecule is CC=O.CCCC.CCCC(C)CCCCCCC(CCNC)N(C)CCc1cscc1NC=O.Cc1cc(Cl)c(O)c(C(F)(F)F)c1. The number of unbranched alkanes of at least 4 members (excludes halogenated alkanes) is 4. The third-order valence-corrected chi connectivity index (χ3v) is 8.90. The minimum absolute atomic E-state index is 0.285. The highest BCUT2D eigenvalue weighted by atomic mass is 35.5. The molecule has 1 amide bonds. The van der Waals surface area contributed by atoms with E-state index in [2.05, 4.69) is 55.7 Å². The average molecular weight is 722 g/mol. The summed E-state index contributed by atoms with van der Waals surface area (Å²) in [5.74, 6) is -0.0185. The number of carbonyl (C=O) groups is 2. The zero-order valence-electron chi connectivity index (χ0n) is 30.6. The van der Waals surface area contributed by atoms with Crippen LogP contribution in [0.4, 0.5) is 18.9 Å². The first-order valence-corrected chi connectivity index (χ1v) is 18.7. The summed E-state index contributed by atoms with van der Waals surface area (Å²) in [6.07, 6.45) is 12.6. The molecule has 0 aliphatic heterocycles. The maximum atomic E-state index is 12.2. The number of alkyl halides is 3. The third-order valence-electron chi connectivity index (χ3n) is 7.82. The van der Waals surface area contributed by atoms with Gasteiger partial charge < -0.3 is 25.4 Å². The molecule has 0 aliphatic rings. The van der Waals surface area contributed by atoms with Crippen LogP contribution >= 0.6 is 22.9 Å². The van der Waals surface area contributed by atoms with E-state index < -0.39 is 17.5 Å². The molecule has 1 heterocycles. The molecule has 2 rings (SSSR count). The predicted molar refractivity (Wildman–Crippen MR) is 200 cm³/mol. The van der Waals surface area contributed by atoms with Gasteiger partial charge in [-0.2, -0.15) is 13.2 Å². The third kappa shape index (κ3) is 23.3. The highest BCUT2D eigenvalue weighted by Crippen LogP contribution is 2.40. The minimum atomic E-state index is -4.57. The van der Waals surface area contributed by atoms with Crippen molar-refractivity contribution in [3.63, 3.8) is 0 Å². The largest absolute Gasteiger partial charge is 0.506 e. The smallest absolute Gasteiger partial charge is 0.420 e. The molecule has 0 spiro atoms. The topological polar surface area (TPSA) is 81.7 Å². The molecule has 278 valence electrons. The molecule has 6 nitrogen and oxygen atoms in total. The Labute approximate surface area is 298 Å². The summed E-state index contributed by atoms with van der Waals surface area (Å²) in [7, 11) is 4.29. The predicted octanol–water partition coefficient (Wildman–Crippen LogP) is 10.9. The Kier molecular flexibility index (Phi) is 29.7. The lowest BCUT2D eigenvalue weighted by Crippen LogP contribution is -2.35. The second kappa shape index (κ2) is 29.7. The van der Waals surface area contributed by atoms with Gasteiger partial charge in [-0.3, -0.25) is 4.79 Å². The first-order valence-electron chi connectivity index (χ1n) is 17.3. The number of rotatable bonds is 19. The monoisotopic (exact) mass is 721 g/mol. The summed E-state index contributed by atoms with van der Waals surface area (Å²) < 4.78 is 36.6. The number of aryl methyl sites for hydroxylation is 1. The van der Waals surface area contributed by atoms with Crippen molar-refractivity contribution in [2.75, 3.05) is 32.5 Å². The van der Waals surface area contributed by atoms with Crippen molar-refractivity contribution in [2.45, 2.75) is 131 Å². The number of phenolic OH excluding ortho intramolecular Hbond substituents is 1. The van der Waals surface area contributed by atoms with Gasteiger partial charge in [-0.25, -0.2) is 0 Å². The van der Waals surface area contributed by atoms with Gasteiger partial charge in [-0.1, -0.05) is 97.1 Å². The molecule has 0 bridgehead atoms. The van der Waals surface area contributed by atoms with Gasteiger partial charge >= 0.3 is 6.18 Å². The Morgan fingerprint density at radius 3 is 2.10 bits per heavy atom. The van der Waals surface area contributed by atoms with Crippen LogP contribution in [0.1, 0.15) is 122 Å². The van der Waals surface area contributed by atoms with Crippen molar-refractivity contribution < 1.29 is 27.9 Å². The summed E-state index contributed by atoms with van der Waals surface area (Å²) in [5, 5.41) is 19.0. The van der Waals surface area contributed by atoms with Crippen molar-refractivity contribution in [3.05, 3.63) is 44.6 Å². The van der Waals surface area contributed by atoms with Gasteiger partial charge in [0.1, 0.15) is 12.0 Å². The molecule has 2 unspecified atom stereocenters. The summed E-state index contributed by atoms with van der Waals surface area (Å²) in [4.78, 5) is 22.1. The van der Waals surface area contributed by atoms with E-state index in [1.165, 1.54) is 96.1 Å². The van der Waals surface area contributed by atoms with E-state index in [1.807, 2.05) is 12.4 Å². The Hall–Kier alpha value is -2.14. The van der Waals surface area contributed by atoms with Gasteiger partial charge in [0, 0.05) is 18.0 Å². The van der Waals surface area contributed by atoms with Gasteiger partial charge in [-0.05, 0) is 88.3 Å². The van der Waals surface area contributed by atoms with Crippen LogP contribution in [-0.2, 0) is 22.2 Å². The van der Waals surface area contributed by atoms with Crippen LogP contribution in [0, 0.1) is 12.8 Å². The average Bonchev–Trinajstić information content (AvgIpc) is 3.48. The molecule has 2 aromatic rings. The highest BCUT2D eigenvalue weighted by Gasteiger charge is 2.34. The number of halogens is 4. The summed E-state index contributed by atoms with van der Waals surface area (Å²) >= 11 is 7.03. The molecular formula is C37H63ClF3N3O3S. The van der Waals surface area contributed by atoms with Gasteiger partial charge in [0.2, 0.25) is 6.41 Å². The fourth-order valence-corrected chi connectivity index (χ4v) is 6.00. The number of aromatic hydroxyl groups is 1. The van der Waals surface area contributed by atoms with E-state index in [1.54, 1.807) is 11.3 Å². The van der Waals surface area contributed by atoms with E-state index in [4.69, 9.17) is 21.5 Å². The van der Waals surface area contributed by atoms with E-state index in [0.29, 0.717) is 11.6 Å². The van der Waals surface area contributed by atoms with Crippen LogP contribution in [-0.4, -0.2) is 55.9 Å². The maximum Gasteiger partial charge on any atom is 0.420 e. The van der Waals surface area contributed by atoms with E-state index >= 15 is 0 Å². The number of hydrogen-bond acceptors (Lipinski definition) is 6. The number of hydrogen-bond donors (Lipinski definition) is 3. The number of nitrogens with one attached hydrogen (secondary N) is 2. The minimum Gasteiger partial charge on any atom is -0.506 e. The molecular weight excluding hydrogens is 659 g/mol. The summed E-state index contributed by atoms with van der Waals surface area (Å²) in [5.41, 5.74) is 1.47. The number of amides is 1. The lowest BCUT2D eigenvalue weighted by molar-refractivity contribution is -0.138. The van der Waals surface area contributed by atoms with Crippen molar-refractivity contribution in [2.24, 2.45) is 5.92 Å². The van der Waals surface area contributed by atoms with Crippen LogP contribution in [0.3, 0.4) is 0 Å². The zero-order valence-corrected chi connectivity index (χ0v) is 32.2. The fraction of sp³-hybridized carbons (Fsp3) is 0.676. The quantitative estimate of drug-likeness (QED) is 0.0994. The van der Waals surface area contributed by atoms with E-state index in [0.717, 1.165) is 49.9 Å². The second-order valence-electron chi connectivity index (χ2n) is 12.1. The van der Waals surface area contributed by atoms with E-state index in [9.17, 15) is 18.0 Å². The Balaban J connectivity index is 0. The number of nitrogens with zero attached hydrogens (tertiary/aromatic N) is 1. The van der Waals surface area contributed by atoms with Gasteiger partial charge in [0.05, 0.1) is 16.3 Å². The van der Waals surface area contributed by atoms with Crippen molar-refractivity contribution in [3.8, 4) is 5.75 Å². The van der Waals surface area contributed by atoms with E-state index in [-0.39, 0.29) is 5.02 Å². The fourth-order valence-electron chi connectivity index (χ4n) is 4.90. The number of phenols is 1. The molecule has 0 radical (unpaired) electrons. The Morgan fingerprint density at radius 1 is 0.979 bits per heavy atom. The Morgan fingerprint density at radius 2 is 1.58 bits per heavy atom. The van der Waals surface area contributed by atoms with Crippen LogP contribution in [0.2, 0.25) is 5.02 Å². The number of benzene rings is 1. The molecule has 1 aromatic heterocycles. The normalized spacial score (nSPS) is 12.0. The maximum absolute atomic E-state index is 12.2. The van der Waals surface area contributed by atoms with Crippen molar-refractivity contribution in [1.82, 2.24) is 10.2 Å². The number of anilines is 1. The number of likely N-dealkylation sites (N-methyl/N-ethyl adjacent to an activating group) is 1. The summed E-state index contributed by atoms with van der Waals surface area (Å²) in [6, 6.07) is 2.75. The standard InChI is InChI=1S/C23H43N3OS.C8H6ClF3O.C4H10.C2H4O/c1-5-10-20(2)11-8-6-7-9-12-22(13-15-24-3)26(4)16-14-21-17-28-18-23(21)25-19-27;1-4-2-5(8(10,11)12)7(13)6(9)3-4;1-3-4-2;1-2-3/h17-20,22,24H,5-16H2,1-4H3,(H,25,27);2-3,13H,1H3;3-4H2,1-2H3;2H,1H3. The first-order chi connectivity index (χ1) is 22.8. The van der Waals surface area contributed by atoms with Gasteiger partial charge in [-0.15, -0.1) is 11.3 Å². The molecule has 0 saturated heterocycles. The molecule has 0 fully saturated rings. The zero-order chi connectivity index (χ0) is 37.0. The first kappa shape index (κ1) is 48.0. The molecule has 48 heavy (non-hydrogen) atoms. The van der Waals surface area contributed by atoms with Gasteiger partial charge in [0.25, 0.3) is 0 Å². The Bertz CT molecular complexity index is 1080. The molecule has 1 aromatic carbocycles.